The van der Waals surface area contributed by atoms with Crippen LogP contribution in [0.5, 0.6) is 11.5 Å². The average Bonchev–Trinajstić information content (AvgIpc) is 3.12. The van der Waals surface area contributed by atoms with Crippen molar-refractivity contribution in [3.05, 3.63) is 57.6 Å². The van der Waals surface area contributed by atoms with Gasteiger partial charge >= 0.3 is 5.97 Å². The van der Waals surface area contributed by atoms with Crippen molar-refractivity contribution in [3.8, 4) is 17.6 Å². The number of hydrogen-bond acceptors (Lipinski definition) is 10. The molecule has 2 heterocycles. The monoisotopic (exact) mass is 494 g/mol. The van der Waals surface area contributed by atoms with E-state index >= 15 is 0 Å². The number of nitro groups is 1. The fourth-order valence-corrected chi connectivity index (χ4v) is 3.77. The zero-order valence-electron chi connectivity index (χ0n) is 18.7. The number of nitrogens with zero attached hydrogens (tertiary/aromatic N) is 4. The maximum Gasteiger partial charge on any atom is 0.326 e. The Hall–Kier alpha value is -4.99. The molecule has 13 heteroatoms. The Morgan fingerprint density at radius 2 is 1.89 bits per heavy atom. The molecule has 0 atom stereocenters. The van der Waals surface area contributed by atoms with Gasteiger partial charge in [-0.3, -0.25) is 34.2 Å². The molecular weight excluding hydrogens is 476 g/mol. The molecule has 0 radical (unpaired) electrons. The third-order valence-electron chi connectivity index (χ3n) is 5.40. The first-order valence-corrected chi connectivity index (χ1v) is 10.7. The van der Waals surface area contributed by atoms with Crippen LogP contribution < -0.4 is 14.4 Å². The Kier molecular flexibility index (Phi) is 6.77. The molecule has 0 N–H and O–H groups in total. The van der Waals surface area contributed by atoms with E-state index in [4.69, 9.17) is 19.5 Å². The van der Waals surface area contributed by atoms with Gasteiger partial charge in [0.1, 0.15) is 25.3 Å². The first kappa shape index (κ1) is 24.1. The van der Waals surface area contributed by atoms with E-state index in [-0.39, 0.29) is 18.5 Å². The third kappa shape index (κ3) is 4.64. The van der Waals surface area contributed by atoms with Crippen LogP contribution in [0.4, 0.5) is 11.4 Å². The second-order valence-corrected chi connectivity index (χ2v) is 7.60. The Morgan fingerprint density at radius 1 is 1.14 bits per heavy atom. The minimum atomic E-state index is -1.07. The van der Waals surface area contributed by atoms with E-state index in [9.17, 15) is 29.3 Å². The molecule has 2 aromatic carbocycles. The lowest BCUT2D eigenvalue weighted by Gasteiger charge is -2.24. The Balaban J connectivity index is 1.42. The van der Waals surface area contributed by atoms with Crippen LogP contribution in [-0.4, -0.2) is 66.4 Å². The molecule has 3 amide bonds. The van der Waals surface area contributed by atoms with E-state index in [1.165, 1.54) is 17.0 Å². The van der Waals surface area contributed by atoms with Crippen LogP contribution in [0.15, 0.2) is 36.4 Å². The fourth-order valence-electron chi connectivity index (χ4n) is 3.77. The summed E-state index contributed by atoms with van der Waals surface area (Å²) in [4.78, 5) is 62.5. The summed E-state index contributed by atoms with van der Waals surface area (Å²) in [5, 5.41) is 20.2. The van der Waals surface area contributed by atoms with Crippen molar-refractivity contribution in [1.29, 1.82) is 5.26 Å². The van der Waals surface area contributed by atoms with Crippen molar-refractivity contribution in [3.63, 3.8) is 0 Å². The number of imide groups is 1. The topological polar surface area (TPSA) is 169 Å². The summed E-state index contributed by atoms with van der Waals surface area (Å²) in [7, 11) is 0. The Morgan fingerprint density at radius 3 is 2.61 bits per heavy atom. The van der Waals surface area contributed by atoms with Gasteiger partial charge in [-0.05, 0) is 18.2 Å². The Labute approximate surface area is 203 Å². The summed E-state index contributed by atoms with van der Waals surface area (Å²) in [6.45, 7) is -0.837. The highest BCUT2D eigenvalue weighted by molar-refractivity contribution is 6.24. The van der Waals surface area contributed by atoms with Crippen LogP contribution in [-0.2, 0) is 14.3 Å². The SMILES string of the molecule is N#CCCN(C(=O)COC(=O)CN1C(=O)c2cccc([N+](=O)[O-])c2C1=O)c1ccc2c(c1)OCCO2. The zero-order chi connectivity index (χ0) is 25.8. The van der Waals surface area contributed by atoms with Crippen LogP contribution in [0.2, 0.25) is 0 Å². The number of carbonyl (C=O) groups excluding carboxylic acids is 4. The van der Waals surface area contributed by atoms with Gasteiger partial charge in [-0.25, -0.2) is 0 Å². The van der Waals surface area contributed by atoms with Crippen LogP contribution in [0.25, 0.3) is 0 Å². The van der Waals surface area contributed by atoms with E-state index in [0.29, 0.717) is 35.3 Å². The molecule has 2 aliphatic rings. The van der Waals surface area contributed by atoms with E-state index < -0.39 is 53.0 Å². The van der Waals surface area contributed by atoms with Crippen LogP contribution in [0, 0.1) is 21.4 Å². The van der Waals surface area contributed by atoms with Gasteiger partial charge < -0.3 is 19.1 Å². The summed E-state index contributed by atoms with van der Waals surface area (Å²) in [6.07, 6.45) is 0.00193. The van der Waals surface area contributed by atoms with Crippen molar-refractivity contribution in [2.24, 2.45) is 0 Å². The highest BCUT2D eigenvalue weighted by atomic mass is 16.6. The molecule has 2 aliphatic heterocycles. The average molecular weight is 494 g/mol. The number of nitriles is 1. The molecule has 36 heavy (non-hydrogen) atoms. The molecule has 0 aromatic heterocycles. The standard InChI is InChI=1S/C23H18N4O9/c24-7-2-8-25(14-5-6-17-18(11-14)35-10-9-34-17)19(28)13-36-20(29)12-26-22(30)15-3-1-4-16(27(32)33)21(15)23(26)31/h1,3-6,11H,2,8-10,12-13H2. The number of esters is 1. The number of benzene rings is 2. The lowest BCUT2D eigenvalue weighted by atomic mass is 10.1. The van der Waals surface area contributed by atoms with Gasteiger partial charge in [-0.2, -0.15) is 5.26 Å². The zero-order valence-corrected chi connectivity index (χ0v) is 18.7. The predicted octanol–water partition coefficient (Wildman–Crippen LogP) is 1.45. The fraction of sp³-hybridized carbons (Fsp3) is 0.261. The predicted molar refractivity (Wildman–Crippen MR) is 119 cm³/mol. The number of hydrogen-bond donors (Lipinski definition) is 0. The number of amides is 3. The van der Waals surface area contributed by atoms with Crippen LogP contribution in [0.1, 0.15) is 27.1 Å². The molecule has 0 saturated heterocycles. The minimum Gasteiger partial charge on any atom is -0.486 e. The lowest BCUT2D eigenvalue weighted by molar-refractivity contribution is -0.385. The summed E-state index contributed by atoms with van der Waals surface area (Å²) < 4.78 is 16.0. The van der Waals surface area contributed by atoms with Gasteiger partial charge in [0, 0.05) is 24.4 Å². The van der Waals surface area contributed by atoms with Gasteiger partial charge in [-0.15, -0.1) is 0 Å². The summed E-state index contributed by atoms with van der Waals surface area (Å²) >= 11 is 0. The quantitative estimate of drug-likeness (QED) is 0.226. The van der Waals surface area contributed by atoms with Gasteiger partial charge in [0.25, 0.3) is 23.4 Å². The van der Waals surface area contributed by atoms with E-state index in [1.807, 2.05) is 6.07 Å². The molecule has 0 unspecified atom stereocenters. The summed E-state index contributed by atoms with van der Waals surface area (Å²) in [5.74, 6) is -2.68. The molecule has 0 fully saturated rings. The normalized spacial score (nSPS) is 13.6. The van der Waals surface area contributed by atoms with Crippen LogP contribution in [0.3, 0.4) is 0 Å². The van der Waals surface area contributed by atoms with Crippen LogP contribution >= 0.6 is 0 Å². The Bertz CT molecular complexity index is 1320. The van der Waals surface area contributed by atoms with E-state index in [0.717, 1.165) is 6.07 Å². The van der Waals surface area contributed by atoms with Gasteiger partial charge in [-0.1, -0.05) is 6.07 Å². The molecule has 184 valence electrons. The highest BCUT2D eigenvalue weighted by Crippen LogP contribution is 2.34. The molecule has 0 aliphatic carbocycles. The van der Waals surface area contributed by atoms with Crippen molar-refractivity contribution in [1.82, 2.24) is 4.90 Å². The molecule has 2 aromatic rings. The maximum atomic E-state index is 12.8. The largest absolute Gasteiger partial charge is 0.486 e. The molecule has 13 nitrogen and oxygen atoms in total. The summed E-state index contributed by atoms with van der Waals surface area (Å²) in [5.41, 5.74) is -0.760. The third-order valence-corrected chi connectivity index (χ3v) is 5.40. The highest BCUT2D eigenvalue weighted by Gasteiger charge is 2.42. The minimum absolute atomic E-state index is 0.00193. The first-order chi connectivity index (χ1) is 17.3. The second kappa shape index (κ2) is 10.1. The van der Waals surface area contributed by atoms with Crippen molar-refractivity contribution >= 4 is 35.1 Å². The number of ether oxygens (including phenoxy) is 3. The number of anilines is 1. The van der Waals surface area contributed by atoms with Gasteiger partial charge in [0.15, 0.2) is 18.1 Å². The van der Waals surface area contributed by atoms with E-state index in [2.05, 4.69) is 0 Å². The van der Waals surface area contributed by atoms with Crippen molar-refractivity contribution < 1.29 is 38.3 Å². The molecule has 0 bridgehead atoms. The maximum absolute atomic E-state index is 12.8. The number of rotatable bonds is 8. The summed E-state index contributed by atoms with van der Waals surface area (Å²) in [6, 6.07) is 10.3. The molecule has 4 rings (SSSR count). The first-order valence-electron chi connectivity index (χ1n) is 10.7. The lowest BCUT2D eigenvalue weighted by Crippen LogP contribution is -2.39. The van der Waals surface area contributed by atoms with Crippen molar-refractivity contribution in [2.45, 2.75) is 6.42 Å². The number of nitro benzene ring substituents is 1. The van der Waals surface area contributed by atoms with E-state index in [1.54, 1.807) is 18.2 Å². The molecule has 0 spiro atoms. The number of carbonyl (C=O) groups is 4. The van der Waals surface area contributed by atoms with Gasteiger partial charge in [0.2, 0.25) is 0 Å². The molecule has 0 saturated carbocycles. The van der Waals surface area contributed by atoms with Gasteiger partial charge in [0.05, 0.1) is 23.0 Å². The van der Waals surface area contributed by atoms with Crippen molar-refractivity contribution in [2.75, 3.05) is 37.8 Å². The second-order valence-electron chi connectivity index (χ2n) is 7.60. The smallest absolute Gasteiger partial charge is 0.326 e. The number of fused-ring (bicyclic) bond motifs is 2. The molecular formula is C23H18N4O9.